The Morgan fingerprint density at radius 3 is 0.361 bits per heavy atom. The van der Waals surface area contributed by atoms with Crippen molar-refractivity contribution >= 4 is 0 Å². The summed E-state index contributed by atoms with van der Waals surface area (Å²) < 4.78 is 39.5. The number of rotatable bonds is 6. The Morgan fingerprint density at radius 2 is 0.306 bits per heavy atom. The van der Waals surface area contributed by atoms with Crippen molar-refractivity contribution in [1.82, 2.24) is 0 Å². The van der Waals surface area contributed by atoms with Gasteiger partial charge in [0, 0.05) is 0 Å². The molecule has 6 nitrogen and oxygen atoms in total. The van der Waals surface area contributed by atoms with E-state index in [4.69, 9.17) is 28.4 Å². The van der Waals surface area contributed by atoms with Crippen LogP contribution < -0.4 is 28.4 Å². The van der Waals surface area contributed by atoms with Crippen LogP contribution in [-0.2, 0) is 0 Å². The summed E-state index contributed by atoms with van der Waals surface area (Å²) in [6, 6.07) is 0. The molecule has 0 aliphatic rings. The highest BCUT2D eigenvalue weighted by molar-refractivity contribution is 5.74. The largest absolute Gasteiger partial charge is 0.480 e. The van der Waals surface area contributed by atoms with Crippen molar-refractivity contribution < 1.29 is 28.4 Å². The van der Waals surface area contributed by atoms with E-state index in [0.29, 0.717) is 34.5 Å². The van der Waals surface area contributed by atoms with Crippen LogP contribution in [0.15, 0.2) is 0 Å². The van der Waals surface area contributed by atoms with Gasteiger partial charge in [-0.2, -0.15) is 0 Å². The second kappa shape index (κ2) is 10.1. The first kappa shape index (κ1) is 32.0. The maximum Gasteiger partial charge on any atom is 0.212 e. The molecule has 6 heteroatoms. The summed E-state index contributed by atoms with van der Waals surface area (Å²) in [5.74, 6) is 2.54. The average molecular weight is 511 g/mol. The van der Waals surface area contributed by atoms with Gasteiger partial charge in [-0.1, -0.05) is 0 Å². The maximum atomic E-state index is 6.59. The van der Waals surface area contributed by atoms with Crippen molar-refractivity contribution in [3.63, 3.8) is 0 Å². The van der Waals surface area contributed by atoms with E-state index in [2.05, 4.69) is 0 Å². The Bertz CT molecular complexity index is 675. The standard InChI is InChI=1S/C30H54O6/c1-25(2,3)31-19-20(32-26(4,5)6)22(34-28(10,11)12)24(36-30(16,17)18)23(35-29(13,14)15)21(19)33-27(7,8)9/h1-18H3. The summed E-state index contributed by atoms with van der Waals surface area (Å²) in [7, 11) is 0. The number of ether oxygens (including phenoxy) is 6. The summed E-state index contributed by atoms with van der Waals surface area (Å²) in [5.41, 5.74) is -3.35. The predicted molar refractivity (Wildman–Crippen MR) is 149 cm³/mol. The van der Waals surface area contributed by atoms with E-state index in [1.165, 1.54) is 0 Å². The summed E-state index contributed by atoms with van der Waals surface area (Å²) in [6.07, 6.45) is 0. The topological polar surface area (TPSA) is 55.4 Å². The second-order valence-electron chi connectivity index (χ2n) is 15.3. The Kier molecular flexibility index (Phi) is 8.95. The number of benzene rings is 1. The zero-order valence-electron chi connectivity index (χ0n) is 26.4. The van der Waals surface area contributed by atoms with Gasteiger partial charge in [0.15, 0.2) is 0 Å². The van der Waals surface area contributed by atoms with E-state index in [1.54, 1.807) is 0 Å². The summed E-state index contributed by atoms with van der Waals surface area (Å²) in [4.78, 5) is 0. The second-order valence-corrected chi connectivity index (χ2v) is 15.3. The highest BCUT2D eigenvalue weighted by Crippen LogP contribution is 2.61. The first-order valence-corrected chi connectivity index (χ1v) is 12.9. The molecule has 0 unspecified atom stereocenters. The summed E-state index contributed by atoms with van der Waals surface area (Å²) >= 11 is 0. The molecule has 0 saturated carbocycles. The van der Waals surface area contributed by atoms with E-state index in [-0.39, 0.29) is 0 Å². The third kappa shape index (κ3) is 11.4. The Hall–Kier alpha value is -1.98. The lowest BCUT2D eigenvalue weighted by Crippen LogP contribution is -2.33. The smallest absolute Gasteiger partial charge is 0.212 e. The van der Waals surface area contributed by atoms with Gasteiger partial charge in [0.1, 0.15) is 33.6 Å². The van der Waals surface area contributed by atoms with Gasteiger partial charge in [-0.05, 0) is 125 Å². The van der Waals surface area contributed by atoms with Gasteiger partial charge in [0.25, 0.3) is 0 Å². The van der Waals surface area contributed by atoms with Gasteiger partial charge >= 0.3 is 0 Å². The first-order valence-electron chi connectivity index (χ1n) is 12.9. The van der Waals surface area contributed by atoms with E-state index < -0.39 is 33.6 Å². The van der Waals surface area contributed by atoms with E-state index in [9.17, 15) is 0 Å². The normalized spacial score (nSPS) is 13.8. The molecule has 0 atom stereocenters. The molecule has 0 N–H and O–H groups in total. The lowest BCUT2D eigenvalue weighted by molar-refractivity contribution is 0.0433. The molecule has 0 aromatic heterocycles. The Balaban J connectivity index is 4.45. The summed E-state index contributed by atoms with van der Waals surface area (Å²) in [6.45, 7) is 35.8. The Morgan fingerprint density at radius 1 is 0.222 bits per heavy atom. The van der Waals surface area contributed by atoms with Gasteiger partial charge in [0.2, 0.25) is 34.5 Å². The minimum Gasteiger partial charge on any atom is -0.480 e. The molecule has 0 heterocycles. The molecule has 1 aromatic rings. The fourth-order valence-corrected chi connectivity index (χ4v) is 3.01. The molecule has 210 valence electrons. The fourth-order valence-electron chi connectivity index (χ4n) is 3.01. The monoisotopic (exact) mass is 510 g/mol. The van der Waals surface area contributed by atoms with Crippen molar-refractivity contribution in [1.29, 1.82) is 0 Å². The molecule has 0 fully saturated rings. The molecule has 0 bridgehead atoms. The molecule has 1 rings (SSSR count). The van der Waals surface area contributed by atoms with Crippen LogP contribution in [-0.4, -0.2) is 33.6 Å². The van der Waals surface area contributed by atoms with Crippen LogP contribution in [0.2, 0.25) is 0 Å². The lowest BCUT2D eigenvalue weighted by Gasteiger charge is -2.37. The van der Waals surface area contributed by atoms with Crippen LogP contribution in [0.5, 0.6) is 34.5 Å². The van der Waals surface area contributed by atoms with Crippen molar-refractivity contribution in [2.75, 3.05) is 0 Å². The van der Waals surface area contributed by atoms with Crippen LogP contribution in [0.25, 0.3) is 0 Å². The molecular weight excluding hydrogens is 456 g/mol. The highest BCUT2D eigenvalue weighted by Gasteiger charge is 2.40. The third-order valence-electron chi connectivity index (χ3n) is 3.69. The highest BCUT2D eigenvalue weighted by atomic mass is 16.6. The first-order chi connectivity index (χ1) is 15.6. The molecule has 0 aliphatic carbocycles. The number of hydrogen-bond acceptors (Lipinski definition) is 6. The van der Waals surface area contributed by atoms with Gasteiger partial charge in [0.05, 0.1) is 0 Å². The van der Waals surface area contributed by atoms with Crippen LogP contribution >= 0.6 is 0 Å². The van der Waals surface area contributed by atoms with Crippen LogP contribution in [0.3, 0.4) is 0 Å². The van der Waals surface area contributed by atoms with Gasteiger partial charge in [-0.3, -0.25) is 0 Å². The van der Waals surface area contributed by atoms with Crippen molar-refractivity contribution in [2.24, 2.45) is 0 Å². The fraction of sp³-hybridized carbons (Fsp3) is 0.800. The molecule has 0 saturated heterocycles. The molecule has 0 radical (unpaired) electrons. The van der Waals surface area contributed by atoms with Crippen molar-refractivity contribution in [3.8, 4) is 34.5 Å². The molecule has 1 aromatic carbocycles. The minimum absolute atomic E-state index is 0.423. The van der Waals surface area contributed by atoms with Crippen molar-refractivity contribution in [2.45, 2.75) is 158 Å². The van der Waals surface area contributed by atoms with E-state index in [0.717, 1.165) is 0 Å². The molecule has 0 spiro atoms. The predicted octanol–water partition coefficient (Wildman–Crippen LogP) is 8.75. The molecule has 36 heavy (non-hydrogen) atoms. The summed E-state index contributed by atoms with van der Waals surface area (Å²) in [5, 5.41) is 0. The van der Waals surface area contributed by atoms with E-state index in [1.807, 2.05) is 125 Å². The Labute approximate surface area is 221 Å². The zero-order chi connectivity index (χ0) is 28.7. The SMILES string of the molecule is CC(C)(C)Oc1c(OC(C)(C)C)c(OC(C)(C)C)c(OC(C)(C)C)c(OC(C)(C)C)c1OC(C)(C)C. The van der Waals surface area contributed by atoms with Gasteiger partial charge in [-0.15, -0.1) is 0 Å². The third-order valence-corrected chi connectivity index (χ3v) is 3.69. The van der Waals surface area contributed by atoms with E-state index >= 15 is 0 Å². The minimum atomic E-state index is -0.559. The van der Waals surface area contributed by atoms with Crippen LogP contribution in [0.1, 0.15) is 125 Å². The average Bonchev–Trinajstić information content (AvgIpc) is 2.51. The molecule has 0 aliphatic heterocycles. The van der Waals surface area contributed by atoms with Gasteiger partial charge < -0.3 is 28.4 Å². The molecule has 0 amide bonds. The number of hydrogen-bond donors (Lipinski definition) is 0. The van der Waals surface area contributed by atoms with Crippen LogP contribution in [0, 0.1) is 0 Å². The lowest BCUT2D eigenvalue weighted by atomic mass is 10.1. The zero-order valence-corrected chi connectivity index (χ0v) is 26.4. The molecular formula is C30H54O6. The quantitative estimate of drug-likeness (QED) is 0.381. The van der Waals surface area contributed by atoms with Gasteiger partial charge in [-0.25, -0.2) is 0 Å². The maximum absolute atomic E-state index is 6.59. The van der Waals surface area contributed by atoms with Crippen LogP contribution in [0.4, 0.5) is 0 Å². The van der Waals surface area contributed by atoms with Crippen molar-refractivity contribution in [3.05, 3.63) is 0 Å².